The maximum atomic E-state index is 14.5. The number of nitrogens with zero attached hydrogens (tertiary/aromatic N) is 2. The van der Waals surface area contributed by atoms with Crippen molar-refractivity contribution in [2.45, 2.75) is 31.0 Å². The molecule has 0 amide bonds. The summed E-state index contributed by atoms with van der Waals surface area (Å²) in [5.41, 5.74) is 0.838. The molecule has 2 atom stereocenters. The zero-order chi connectivity index (χ0) is 23.9. The molecule has 1 aromatic heterocycles. The topological polar surface area (TPSA) is 56.2 Å². The molecule has 4 nitrogen and oxygen atoms in total. The maximum absolute atomic E-state index is 14.5. The molecule has 35 heavy (non-hydrogen) atoms. The lowest BCUT2D eigenvalue weighted by Gasteiger charge is -2.50. The van der Waals surface area contributed by atoms with E-state index in [4.69, 9.17) is 0 Å². The third kappa shape index (κ3) is 3.80. The molecule has 1 aliphatic heterocycles. The Morgan fingerprint density at radius 1 is 0.771 bits per heavy atom. The minimum atomic E-state index is -1.44. The number of aliphatic hydroxyl groups is 1. The molecule has 0 spiro atoms. The molecule has 1 aliphatic rings. The van der Waals surface area contributed by atoms with E-state index in [2.05, 4.69) is 29.2 Å². The second kappa shape index (κ2) is 8.58. The molecule has 5 aromatic rings. The number of quaternary nitrogens is 1. The molecule has 0 aliphatic carbocycles. The van der Waals surface area contributed by atoms with Crippen molar-refractivity contribution in [2.75, 3.05) is 6.54 Å². The average molecular weight is 461 g/mol. The van der Waals surface area contributed by atoms with Gasteiger partial charge in [0.15, 0.2) is 5.60 Å². The second-order valence-corrected chi connectivity index (χ2v) is 9.70. The van der Waals surface area contributed by atoms with Gasteiger partial charge in [-0.3, -0.25) is 4.98 Å². The Morgan fingerprint density at radius 3 is 1.91 bits per heavy atom. The summed E-state index contributed by atoms with van der Waals surface area (Å²) in [6.07, 6.45) is 3.14. The summed E-state index contributed by atoms with van der Waals surface area (Å²) in [6.45, 7) is 0.708. The minimum Gasteiger partial charge on any atom is -0.632 e. The monoisotopic (exact) mass is 460 g/mol. The molecular weight excluding hydrogens is 432 g/mol. The van der Waals surface area contributed by atoms with Gasteiger partial charge in [-0.15, -0.1) is 0 Å². The van der Waals surface area contributed by atoms with Crippen molar-refractivity contribution >= 4 is 21.5 Å². The van der Waals surface area contributed by atoms with Crippen LogP contribution >= 0.6 is 0 Å². The highest BCUT2D eigenvalue weighted by atomic mass is 16.6. The van der Waals surface area contributed by atoms with Gasteiger partial charge in [-0.2, -0.15) is 0 Å². The fourth-order valence-corrected chi connectivity index (χ4v) is 5.85. The average Bonchev–Trinajstić information content (AvgIpc) is 3.29. The quantitative estimate of drug-likeness (QED) is 0.247. The lowest BCUT2D eigenvalue weighted by Crippen LogP contribution is -2.56. The van der Waals surface area contributed by atoms with E-state index < -0.39 is 16.3 Å². The molecule has 0 bridgehead atoms. The Morgan fingerprint density at radius 2 is 1.34 bits per heavy atom. The predicted molar refractivity (Wildman–Crippen MR) is 140 cm³/mol. The fraction of sp³-hybridized carbons (Fsp3) is 0.194. The second-order valence-electron chi connectivity index (χ2n) is 9.70. The van der Waals surface area contributed by atoms with E-state index in [-0.39, 0.29) is 6.54 Å². The summed E-state index contributed by atoms with van der Waals surface area (Å²) < 4.78 is -0.493. The van der Waals surface area contributed by atoms with E-state index in [1.165, 1.54) is 0 Å². The zero-order valence-electron chi connectivity index (χ0n) is 19.5. The summed E-state index contributed by atoms with van der Waals surface area (Å²) in [7, 11) is 0. The first-order chi connectivity index (χ1) is 17.1. The van der Waals surface area contributed by atoms with Gasteiger partial charge in [0.25, 0.3) is 0 Å². The van der Waals surface area contributed by atoms with Gasteiger partial charge in [0.1, 0.15) is 12.6 Å². The Bertz CT molecular complexity index is 1420. The molecular formula is C31H28N2O2. The SMILES string of the molecule is [O-][N@@+]1(Cc2ccccn2)CCC[C@H]1C(O)(c1ccc2ccccc2c1)c1ccc2ccccc2c1. The number of benzene rings is 4. The van der Waals surface area contributed by atoms with Crippen molar-refractivity contribution in [1.82, 2.24) is 4.98 Å². The lowest BCUT2D eigenvalue weighted by atomic mass is 9.77. The highest BCUT2D eigenvalue weighted by molar-refractivity contribution is 5.85. The third-order valence-corrected chi connectivity index (χ3v) is 7.60. The van der Waals surface area contributed by atoms with Crippen LogP contribution in [0.2, 0.25) is 0 Å². The van der Waals surface area contributed by atoms with Crippen molar-refractivity contribution in [3.8, 4) is 0 Å². The van der Waals surface area contributed by atoms with E-state index in [0.29, 0.717) is 13.0 Å². The molecule has 0 unspecified atom stereocenters. The number of pyridine rings is 1. The van der Waals surface area contributed by atoms with Crippen molar-refractivity contribution in [2.24, 2.45) is 0 Å². The van der Waals surface area contributed by atoms with Crippen molar-refractivity contribution in [3.63, 3.8) is 0 Å². The number of aromatic nitrogens is 1. The first-order valence-corrected chi connectivity index (χ1v) is 12.2. The highest BCUT2D eigenvalue weighted by Gasteiger charge is 2.52. The number of hydroxylamine groups is 3. The number of rotatable bonds is 5. The lowest BCUT2D eigenvalue weighted by molar-refractivity contribution is -0.913. The van der Waals surface area contributed by atoms with Crippen molar-refractivity contribution in [3.05, 3.63) is 131 Å². The summed E-state index contributed by atoms with van der Waals surface area (Å²) in [6, 6.07) is 33.6. The van der Waals surface area contributed by atoms with Crippen LogP contribution in [0, 0.1) is 5.21 Å². The van der Waals surface area contributed by atoms with E-state index in [1.54, 1.807) is 6.20 Å². The minimum absolute atomic E-state index is 0.245. The Labute approximate surface area is 205 Å². The van der Waals surface area contributed by atoms with Crippen LogP contribution in [0.5, 0.6) is 0 Å². The molecule has 0 saturated carbocycles. The first-order valence-electron chi connectivity index (χ1n) is 12.2. The van der Waals surface area contributed by atoms with E-state index in [1.807, 2.05) is 78.9 Å². The Kier molecular flexibility index (Phi) is 5.37. The molecule has 2 heterocycles. The van der Waals surface area contributed by atoms with Gasteiger partial charge in [0.2, 0.25) is 0 Å². The zero-order valence-corrected chi connectivity index (χ0v) is 19.5. The van der Waals surface area contributed by atoms with Crippen molar-refractivity contribution < 1.29 is 9.75 Å². The van der Waals surface area contributed by atoms with Gasteiger partial charge in [-0.25, -0.2) is 0 Å². The number of fused-ring (bicyclic) bond motifs is 2. The first kappa shape index (κ1) is 21.9. The van der Waals surface area contributed by atoms with Crippen LogP contribution in [-0.2, 0) is 12.1 Å². The maximum Gasteiger partial charge on any atom is 0.167 e. The molecule has 0 radical (unpaired) electrons. The van der Waals surface area contributed by atoms with Crippen molar-refractivity contribution in [1.29, 1.82) is 0 Å². The smallest absolute Gasteiger partial charge is 0.167 e. The van der Waals surface area contributed by atoms with Crippen LogP contribution < -0.4 is 0 Å². The summed E-state index contributed by atoms with van der Waals surface area (Å²) >= 11 is 0. The Hall–Kier alpha value is -3.57. The number of likely N-dealkylation sites (tertiary alicyclic amines) is 1. The fourth-order valence-electron chi connectivity index (χ4n) is 5.85. The molecule has 174 valence electrons. The van der Waals surface area contributed by atoms with E-state index in [9.17, 15) is 10.3 Å². The van der Waals surface area contributed by atoms with Gasteiger partial charge in [0.05, 0.1) is 12.2 Å². The van der Waals surface area contributed by atoms with Gasteiger partial charge in [-0.05, 0) is 56.9 Å². The molecule has 1 saturated heterocycles. The molecule has 4 aromatic carbocycles. The highest BCUT2D eigenvalue weighted by Crippen LogP contribution is 2.45. The van der Waals surface area contributed by atoms with Crippen LogP contribution in [0.15, 0.2) is 109 Å². The number of hydrogen-bond acceptors (Lipinski definition) is 3. The van der Waals surface area contributed by atoms with Gasteiger partial charge >= 0.3 is 0 Å². The molecule has 1 fully saturated rings. The van der Waals surface area contributed by atoms with E-state index in [0.717, 1.165) is 44.8 Å². The molecule has 1 N–H and O–H groups in total. The van der Waals surface area contributed by atoms with Crippen LogP contribution in [0.1, 0.15) is 29.7 Å². The number of hydrogen-bond donors (Lipinski definition) is 1. The van der Waals surface area contributed by atoms with Crippen LogP contribution in [0.25, 0.3) is 21.5 Å². The predicted octanol–water partition coefficient (Wildman–Crippen LogP) is 6.30. The standard InChI is InChI=1S/C31H28N2O2/c34-31(27-16-14-23-8-1-3-10-25(23)20-27,28-17-15-24-9-2-4-11-26(24)21-28)30-13-7-19-33(30,35)22-29-12-5-6-18-32-29/h1-6,8-12,14-18,20-21,30,34H,7,13,19,22H2/t30-,33+/m0/s1. The molecule has 6 rings (SSSR count). The summed E-state index contributed by atoms with van der Waals surface area (Å²) in [5.74, 6) is 0. The third-order valence-electron chi connectivity index (χ3n) is 7.60. The Balaban J connectivity index is 1.54. The van der Waals surface area contributed by atoms with Crippen LogP contribution in [-0.4, -0.2) is 27.3 Å². The van der Waals surface area contributed by atoms with Crippen LogP contribution in [0.3, 0.4) is 0 Å². The van der Waals surface area contributed by atoms with Gasteiger partial charge in [-0.1, -0.05) is 78.9 Å². The summed E-state index contributed by atoms with van der Waals surface area (Å²) in [5, 5.41) is 31.5. The van der Waals surface area contributed by atoms with E-state index >= 15 is 0 Å². The van der Waals surface area contributed by atoms with Gasteiger partial charge < -0.3 is 15.0 Å². The van der Waals surface area contributed by atoms with Crippen LogP contribution in [0.4, 0.5) is 0 Å². The largest absolute Gasteiger partial charge is 0.632 e. The molecule has 4 heteroatoms. The van der Waals surface area contributed by atoms with Gasteiger partial charge in [0, 0.05) is 19.0 Å². The summed E-state index contributed by atoms with van der Waals surface area (Å²) in [4.78, 5) is 4.43. The normalized spacial score (nSPS) is 20.5.